The Hall–Kier alpha value is 0.580. The molecule has 0 saturated carbocycles. The Balaban J connectivity index is 4.69. The number of hydrogen-bond donors (Lipinski definition) is 0. The smallest absolute Gasteiger partial charge is 0.0722 e. The summed E-state index contributed by atoms with van der Waals surface area (Å²) in [5.74, 6) is 0. The molecule has 158 valence electrons. The molecule has 0 bridgehead atoms. The zero-order valence-corrected chi connectivity index (χ0v) is 19.8. The van der Waals surface area contributed by atoms with Crippen LogP contribution in [0.5, 0.6) is 0 Å². The summed E-state index contributed by atoms with van der Waals surface area (Å²) in [5.41, 5.74) is -0.0966. The van der Waals surface area contributed by atoms with Crippen LogP contribution in [-0.4, -0.2) is 38.3 Å². The highest BCUT2D eigenvalue weighted by atomic mass is 33.1. The predicted molar refractivity (Wildman–Crippen MR) is 119 cm³/mol. The van der Waals surface area contributed by atoms with Crippen molar-refractivity contribution in [2.24, 2.45) is 5.41 Å². The molecule has 0 fully saturated rings. The minimum atomic E-state index is -0.0966. The Morgan fingerprint density at radius 3 is 1.65 bits per heavy atom. The predicted octanol–water partition coefficient (Wildman–Crippen LogP) is 7.30. The minimum Gasteiger partial charge on any atom is -0.377 e. The summed E-state index contributed by atoms with van der Waals surface area (Å²) >= 11 is 1.45. The van der Waals surface area contributed by atoms with Crippen molar-refractivity contribution in [3.63, 3.8) is 0 Å². The summed E-state index contributed by atoms with van der Waals surface area (Å²) in [4.78, 5) is 0. The van der Waals surface area contributed by atoms with Gasteiger partial charge >= 0.3 is 0 Å². The summed E-state index contributed by atoms with van der Waals surface area (Å²) in [6, 6.07) is 0. The van der Waals surface area contributed by atoms with Gasteiger partial charge in [-0.3, -0.25) is 0 Å². The maximum atomic E-state index is 6.36. The monoisotopic (exact) mass is 408 g/mol. The average molecular weight is 409 g/mol. The number of rotatable bonds is 19. The van der Waals surface area contributed by atoms with Crippen molar-refractivity contribution in [2.75, 3.05) is 26.1 Å². The molecular weight excluding hydrogens is 364 g/mol. The molecule has 0 aliphatic rings. The fourth-order valence-electron chi connectivity index (χ4n) is 3.00. The van der Waals surface area contributed by atoms with Gasteiger partial charge in [-0.25, -0.2) is 0 Å². The topological polar surface area (TPSA) is 27.7 Å². The van der Waals surface area contributed by atoms with Gasteiger partial charge in [0.15, 0.2) is 0 Å². The molecule has 2 atom stereocenters. The number of unbranched alkanes of at least 4 members (excludes halogenated alkanes) is 1. The molecule has 0 aliphatic heterocycles. The van der Waals surface area contributed by atoms with E-state index >= 15 is 0 Å². The van der Waals surface area contributed by atoms with Crippen LogP contribution in [0.1, 0.15) is 92.4 Å². The Morgan fingerprint density at radius 2 is 1.23 bits per heavy atom. The molecule has 0 N–H and O–H groups in total. The Bertz CT molecular complexity index is 299. The van der Waals surface area contributed by atoms with Crippen molar-refractivity contribution in [1.82, 2.24) is 0 Å². The van der Waals surface area contributed by atoms with Gasteiger partial charge in [-0.1, -0.05) is 77.5 Å². The van der Waals surface area contributed by atoms with Gasteiger partial charge in [-0.15, -0.1) is 0 Å². The van der Waals surface area contributed by atoms with Gasteiger partial charge < -0.3 is 13.7 Å². The van der Waals surface area contributed by atoms with E-state index in [1.165, 1.54) is 43.2 Å². The summed E-state index contributed by atoms with van der Waals surface area (Å²) in [6.07, 6.45) is 13.4. The lowest BCUT2D eigenvalue weighted by atomic mass is 9.93. The van der Waals surface area contributed by atoms with Gasteiger partial charge in [0.25, 0.3) is 0 Å². The van der Waals surface area contributed by atoms with Crippen LogP contribution >= 0.6 is 21.9 Å². The van der Waals surface area contributed by atoms with Gasteiger partial charge in [0.2, 0.25) is 0 Å². The maximum Gasteiger partial charge on any atom is 0.0722 e. The molecule has 0 aromatic rings. The number of hydrogen-bond acceptors (Lipinski definition) is 5. The summed E-state index contributed by atoms with van der Waals surface area (Å²) in [7, 11) is 1.64. The van der Waals surface area contributed by atoms with Crippen molar-refractivity contribution < 1.29 is 13.7 Å². The van der Waals surface area contributed by atoms with Crippen LogP contribution in [0.4, 0.5) is 0 Å². The molecule has 0 aromatic carbocycles. The normalized spacial score (nSPS) is 15.3. The molecule has 0 radical (unpaired) electrons. The van der Waals surface area contributed by atoms with E-state index in [0.717, 1.165) is 25.7 Å². The molecule has 0 aliphatic carbocycles. The van der Waals surface area contributed by atoms with Gasteiger partial charge in [0, 0.05) is 5.41 Å². The molecule has 5 heteroatoms. The molecular formula is C21H44O3S2. The van der Waals surface area contributed by atoms with E-state index in [9.17, 15) is 0 Å². The van der Waals surface area contributed by atoms with Crippen molar-refractivity contribution in [3.8, 4) is 0 Å². The first-order valence-electron chi connectivity index (χ1n) is 10.6. The summed E-state index contributed by atoms with van der Waals surface area (Å²) in [6.45, 7) is 13.3. The highest BCUT2D eigenvalue weighted by Crippen LogP contribution is 2.28. The second-order valence-electron chi connectivity index (χ2n) is 7.68. The first-order chi connectivity index (χ1) is 12.5. The van der Waals surface area contributed by atoms with Crippen LogP contribution < -0.4 is 0 Å². The number of ether oxygens (including phenoxy) is 2. The van der Waals surface area contributed by atoms with Crippen molar-refractivity contribution in [1.29, 1.82) is 0 Å². The van der Waals surface area contributed by atoms with Gasteiger partial charge in [-0.05, 0) is 31.9 Å². The summed E-state index contributed by atoms with van der Waals surface area (Å²) in [5, 5.41) is 0. The van der Waals surface area contributed by atoms with E-state index in [-0.39, 0.29) is 5.41 Å². The summed E-state index contributed by atoms with van der Waals surface area (Å²) < 4.78 is 18.5. The highest BCUT2D eigenvalue weighted by Gasteiger charge is 2.29. The first-order valence-corrected chi connectivity index (χ1v) is 13.1. The fraction of sp³-hybridized carbons (Fsp3) is 1.00. The van der Waals surface area contributed by atoms with E-state index in [1.807, 2.05) is 6.26 Å². The molecule has 3 nitrogen and oxygen atoms in total. The molecule has 0 amide bonds. The molecule has 0 spiro atoms. The van der Waals surface area contributed by atoms with Crippen molar-refractivity contribution in [3.05, 3.63) is 0 Å². The quantitative estimate of drug-likeness (QED) is 0.127. The standard InChI is InChI=1S/C21H44O3S2/c1-7-11-15-20(14-10-4)23-17-21(5,18-24-26-25-6)16-22-19(12-8-2)13-9-3/h19-20H,7-18H2,1-6H3. The Kier molecular flexibility index (Phi) is 18.1. The lowest BCUT2D eigenvalue weighted by Gasteiger charge is -2.32. The first kappa shape index (κ1) is 26.6. The minimum absolute atomic E-state index is 0.0966. The molecule has 2 unspecified atom stereocenters. The van der Waals surface area contributed by atoms with E-state index in [1.54, 1.807) is 10.8 Å². The van der Waals surface area contributed by atoms with E-state index < -0.39 is 0 Å². The van der Waals surface area contributed by atoms with E-state index in [4.69, 9.17) is 13.7 Å². The largest absolute Gasteiger partial charge is 0.377 e. The van der Waals surface area contributed by atoms with Crippen molar-refractivity contribution in [2.45, 2.75) is 105 Å². The maximum absolute atomic E-state index is 6.36. The van der Waals surface area contributed by atoms with Crippen LogP contribution in [0.25, 0.3) is 0 Å². The van der Waals surface area contributed by atoms with E-state index in [0.29, 0.717) is 32.0 Å². The van der Waals surface area contributed by atoms with Gasteiger partial charge in [0.1, 0.15) is 0 Å². The van der Waals surface area contributed by atoms with Crippen LogP contribution in [0.2, 0.25) is 0 Å². The van der Waals surface area contributed by atoms with Gasteiger partial charge in [0.05, 0.1) is 43.1 Å². The molecule has 26 heavy (non-hydrogen) atoms. The van der Waals surface area contributed by atoms with Crippen molar-refractivity contribution >= 4 is 21.9 Å². The zero-order chi connectivity index (χ0) is 19.7. The lowest BCUT2D eigenvalue weighted by Crippen LogP contribution is -2.36. The second kappa shape index (κ2) is 17.7. The van der Waals surface area contributed by atoms with Crippen LogP contribution in [0.15, 0.2) is 0 Å². The molecule has 0 heterocycles. The fourth-order valence-corrected chi connectivity index (χ4v) is 3.86. The molecule has 0 aromatic heterocycles. The van der Waals surface area contributed by atoms with Gasteiger partial charge in [-0.2, -0.15) is 0 Å². The van der Waals surface area contributed by atoms with Crippen LogP contribution in [0.3, 0.4) is 0 Å². The highest BCUT2D eigenvalue weighted by molar-refractivity contribution is 8.74. The average Bonchev–Trinajstić information content (AvgIpc) is 2.63. The zero-order valence-electron chi connectivity index (χ0n) is 18.2. The molecule has 0 saturated heterocycles. The second-order valence-corrected chi connectivity index (χ2v) is 9.80. The van der Waals surface area contributed by atoms with Crippen LogP contribution in [-0.2, 0) is 13.7 Å². The third-order valence-electron chi connectivity index (χ3n) is 4.57. The Morgan fingerprint density at radius 1 is 0.731 bits per heavy atom. The Labute approximate surface area is 171 Å². The lowest BCUT2D eigenvalue weighted by molar-refractivity contribution is -0.0809. The van der Waals surface area contributed by atoms with E-state index in [2.05, 4.69) is 34.6 Å². The SMILES string of the molecule is CCCCC(CCC)OCC(C)(COSSC)COC(CCC)CCC. The third kappa shape index (κ3) is 13.7. The molecule has 0 rings (SSSR count). The third-order valence-corrected chi connectivity index (χ3v) is 5.62. The van der Waals surface area contributed by atoms with Crippen LogP contribution in [0, 0.1) is 5.41 Å².